The summed E-state index contributed by atoms with van der Waals surface area (Å²) in [6.07, 6.45) is -2.71. The van der Waals surface area contributed by atoms with Gasteiger partial charge < -0.3 is 50.2 Å². The van der Waals surface area contributed by atoms with Crippen molar-refractivity contribution in [3.63, 3.8) is 0 Å². The molecule has 3 amide bonds. The van der Waals surface area contributed by atoms with Gasteiger partial charge in [-0.05, 0) is 19.3 Å². The first kappa shape index (κ1) is 37.2. The molecule has 0 aromatic rings. The Hall–Kier alpha value is -2.85. The Morgan fingerprint density at radius 2 is 1.52 bits per heavy atom. The summed E-state index contributed by atoms with van der Waals surface area (Å²) in [7, 11) is 0. The van der Waals surface area contributed by atoms with E-state index in [0.29, 0.717) is 6.42 Å². The molecule has 0 saturated carbocycles. The van der Waals surface area contributed by atoms with Crippen LogP contribution in [0.15, 0.2) is 0 Å². The Morgan fingerprint density at radius 1 is 0.881 bits per heavy atom. The number of amides is 3. The van der Waals surface area contributed by atoms with Crippen molar-refractivity contribution in [1.29, 1.82) is 0 Å². The molecule has 15 heteroatoms. The minimum absolute atomic E-state index is 0.00320. The highest BCUT2D eigenvalue weighted by Gasteiger charge is 2.45. The van der Waals surface area contributed by atoms with E-state index in [4.69, 9.17) is 18.9 Å². The van der Waals surface area contributed by atoms with E-state index in [9.17, 15) is 39.3 Å². The second-order valence-corrected chi connectivity index (χ2v) is 9.91. The zero-order valence-corrected chi connectivity index (χ0v) is 24.7. The Bertz CT molecular complexity index is 858. The zero-order valence-electron chi connectivity index (χ0n) is 24.7. The van der Waals surface area contributed by atoms with Crippen molar-refractivity contribution in [2.24, 2.45) is 0 Å². The molecule has 6 atom stereocenters. The van der Waals surface area contributed by atoms with Crippen LogP contribution in [0.1, 0.15) is 72.1 Å². The Morgan fingerprint density at radius 3 is 2.14 bits per heavy atom. The van der Waals surface area contributed by atoms with Crippen molar-refractivity contribution in [2.45, 2.75) is 109 Å². The van der Waals surface area contributed by atoms with Gasteiger partial charge in [0, 0.05) is 32.7 Å². The fourth-order valence-corrected chi connectivity index (χ4v) is 3.89. The first-order valence-electron chi connectivity index (χ1n) is 14.4. The maximum atomic E-state index is 12.5. The van der Waals surface area contributed by atoms with Crippen LogP contribution in [0.4, 0.5) is 0 Å². The number of carbonyl (C=O) groups is 5. The van der Waals surface area contributed by atoms with Crippen LogP contribution in [0.25, 0.3) is 0 Å². The maximum Gasteiger partial charge on any atom is 0.328 e. The maximum absolute atomic E-state index is 12.5. The Labute approximate surface area is 246 Å². The number of unbranched alkanes of at least 4 members (excludes halogenated alkanes) is 2. The molecule has 15 nitrogen and oxygen atoms in total. The van der Waals surface area contributed by atoms with E-state index in [1.54, 1.807) is 0 Å². The number of rotatable bonds is 20. The minimum atomic E-state index is -1.46. The zero-order chi connectivity index (χ0) is 31.5. The van der Waals surface area contributed by atoms with Crippen molar-refractivity contribution < 1.29 is 58.2 Å². The number of nitrogens with one attached hydrogen (secondary N) is 3. The normalized spacial score (nSPS) is 22.5. The molecule has 0 aromatic heterocycles. The van der Waals surface area contributed by atoms with Gasteiger partial charge in [0.05, 0.1) is 26.4 Å². The molecule has 1 fully saturated rings. The lowest BCUT2D eigenvalue weighted by Crippen LogP contribution is -2.64. The summed E-state index contributed by atoms with van der Waals surface area (Å²) in [5.41, 5.74) is 0. The van der Waals surface area contributed by atoms with Gasteiger partial charge in [-0.3, -0.25) is 19.2 Å². The van der Waals surface area contributed by atoms with Crippen molar-refractivity contribution in [1.82, 2.24) is 16.0 Å². The van der Waals surface area contributed by atoms with Crippen LogP contribution in [0.5, 0.6) is 0 Å². The number of hydrogen-bond acceptors (Lipinski definition) is 12. The smallest absolute Gasteiger partial charge is 0.328 e. The summed E-state index contributed by atoms with van der Waals surface area (Å²) < 4.78 is 21.2. The monoisotopic (exact) mass is 605 g/mol. The average molecular weight is 606 g/mol. The third-order valence-corrected chi connectivity index (χ3v) is 6.30. The number of esters is 2. The molecule has 0 aromatic carbocycles. The van der Waals surface area contributed by atoms with Gasteiger partial charge in [-0.15, -0.1) is 0 Å². The van der Waals surface area contributed by atoms with Crippen LogP contribution in [0.3, 0.4) is 0 Å². The van der Waals surface area contributed by atoms with E-state index >= 15 is 0 Å². The number of aliphatic hydroxyl groups excluding tert-OH is 3. The van der Waals surface area contributed by atoms with E-state index in [2.05, 4.69) is 16.0 Å². The molecule has 1 saturated heterocycles. The van der Waals surface area contributed by atoms with E-state index in [1.807, 2.05) is 13.8 Å². The molecule has 1 unspecified atom stereocenters. The van der Waals surface area contributed by atoms with Crippen molar-refractivity contribution in [3.8, 4) is 0 Å². The first-order valence-corrected chi connectivity index (χ1v) is 14.4. The lowest BCUT2D eigenvalue weighted by atomic mass is 9.97. The highest BCUT2D eigenvalue weighted by molar-refractivity contribution is 5.87. The quantitative estimate of drug-likeness (QED) is 0.0712. The second kappa shape index (κ2) is 20.9. The standard InChI is InChI=1S/C27H47N3O12/c1-4-6-13-39-22(35)11-8-18(26(38)40-14-7-5-2)30-21(34)10-9-20(33)28-12-15-41-27-23(29-17(3)32)25(37)24(36)19(16-31)42-27/h18-19,23-25,27,31,36-37H,4-16H2,1-3H3,(H,28,33)(H,29,32)(H,30,34)/t18?,19-,23-,24+,25-,27-/m1/s1. The fourth-order valence-electron chi connectivity index (χ4n) is 3.89. The van der Waals surface area contributed by atoms with Gasteiger partial charge in [0.2, 0.25) is 17.7 Å². The van der Waals surface area contributed by atoms with Crippen LogP contribution in [-0.4, -0.2) is 115 Å². The molecule has 6 N–H and O–H groups in total. The van der Waals surface area contributed by atoms with Gasteiger partial charge in [-0.25, -0.2) is 4.79 Å². The topological polar surface area (TPSA) is 219 Å². The largest absolute Gasteiger partial charge is 0.466 e. The van der Waals surface area contributed by atoms with Gasteiger partial charge in [-0.2, -0.15) is 0 Å². The molecule has 0 aliphatic carbocycles. The lowest BCUT2D eigenvalue weighted by molar-refractivity contribution is -0.269. The Kier molecular flexibility index (Phi) is 18.5. The van der Waals surface area contributed by atoms with Crippen molar-refractivity contribution in [2.75, 3.05) is 33.0 Å². The highest BCUT2D eigenvalue weighted by Crippen LogP contribution is 2.22. The molecule has 1 heterocycles. The van der Waals surface area contributed by atoms with Crippen molar-refractivity contribution >= 4 is 29.7 Å². The van der Waals surface area contributed by atoms with Gasteiger partial charge in [0.15, 0.2) is 6.29 Å². The highest BCUT2D eigenvalue weighted by atomic mass is 16.7. The average Bonchev–Trinajstić information content (AvgIpc) is 2.95. The SMILES string of the molecule is CCCCOC(=O)CCC(NC(=O)CCC(=O)NCCO[C@@H]1O[C@H](CO)[C@H](O)[C@H](O)[C@H]1NC(C)=O)C(=O)OCCCC. The summed E-state index contributed by atoms with van der Waals surface area (Å²) in [6.45, 7) is 4.86. The fraction of sp³-hybridized carbons (Fsp3) is 0.815. The molecule has 1 aliphatic heterocycles. The first-order chi connectivity index (χ1) is 20.0. The van der Waals surface area contributed by atoms with Gasteiger partial charge in [0.1, 0.15) is 30.4 Å². The summed E-state index contributed by atoms with van der Waals surface area (Å²) in [5, 5.41) is 37.2. The van der Waals surface area contributed by atoms with E-state index < -0.39 is 73.0 Å². The van der Waals surface area contributed by atoms with E-state index in [0.717, 1.165) is 19.3 Å². The van der Waals surface area contributed by atoms with Gasteiger partial charge in [-0.1, -0.05) is 26.7 Å². The van der Waals surface area contributed by atoms with Crippen LogP contribution in [0.2, 0.25) is 0 Å². The van der Waals surface area contributed by atoms with E-state index in [1.165, 1.54) is 6.92 Å². The lowest BCUT2D eigenvalue weighted by Gasteiger charge is -2.42. The van der Waals surface area contributed by atoms with Crippen LogP contribution in [-0.2, 0) is 42.9 Å². The molecule has 42 heavy (non-hydrogen) atoms. The van der Waals surface area contributed by atoms with Gasteiger partial charge >= 0.3 is 11.9 Å². The second-order valence-electron chi connectivity index (χ2n) is 9.91. The van der Waals surface area contributed by atoms with E-state index in [-0.39, 0.29) is 52.0 Å². The predicted octanol–water partition coefficient (Wildman–Crippen LogP) is -1.21. The van der Waals surface area contributed by atoms with Crippen LogP contribution >= 0.6 is 0 Å². The van der Waals surface area contributed by atoms with Crippen LogP contribution < -0.4 is 16.0 Å². The molecule has 1 aliphatic rings. The number of ether oxygens (including phenoxy) is 4. The molecule has 1 rings (SSSR count). The van der Waals surface area contributed by atoms with Crippen molar-refractivity contribution in [3.05, 3.63) is 0 Å². The molecule has 242 valence electrons. The summed E-state index contributed by atoms with van der Waals surface area (Å²) >= 11 is 0. The van der Waals surface area contributed by atoms with Crippen LogP contribution in [0, 0.1) is 0 Å². The Balaban J connectivity index is 2.51. The molecular weight excluding hydrogens is 558 g/mol. The minimum Gasteiger partial charge on any atom is -0.466 e. The number of aliphatic hydroxyl groups is 3. The predicted molar refractivity (Wildman–Crippen MR) is 146 cm³/mol. The molecule has 0 bridgehead atoms. The number of hydrogen-bond donors (Lipinski definition) is 6. The molecule has 0 spiro atoms. The third kappa shape index (κ3) is 14.4. The summed E-state index contributed by atoms with van der Waals surface area (Å²) in [6, 6.07) is -2.17. The molecular formula is C27H47N3O12. The summed E-state index contributed by atoms with van der Waals surface area (Å²) in [4.78, 5) is 60.6. The number of carbonyl (C=O) groups excluding carboxylic acids is 5. The van der Waals surface area contributed by atoms with Gasteiger partial charge in [0.25, 0.3) is 0 Å². The summed E-state index contributed by atoms with van der Waals surface area (Å²) in [5.74, 6) is -2.70. The molecule has 0 radical (unpaired) electrons. The third-order valence-electron chi connectivity index (χ3n) is 6.30.